The zero-order chi connectivity index (χ0) is 7.86. The summed E-state index contributed by atoms with van der Waals surface area (Å²) in [6.45, 7) is 0. The molecule has 0 fully saturated rings. The quantitative estimate of drug-likeness (QED) is 0.421. The van der Waals surface area contributed by atoms with Crippen molar-refractivity contribution in [1.82, 2.24) is 0 Å². The average Bonchev–Trinajstić information content (AvgIpc) is 1.65. The molecule has 7 heteroatoms. The van der Waals surface area contributed by atoms with Gasteiger partial charge < -0.3 is 0 Å². The van der Waals surface area contributed by atoms with Crippen molar-refractivity contribution in [3.8, 4) is 0 Å². The second-order valence-corrected chi connectivity index (χ2v) is 4.38. The predicted molar refractivity (Wildman–Crippen MR) is 49.6 cm³/mol. The SMILES string of the molecule is O=C(Cl)CI.O=S(Cl)Cl. The molecule has 0 aliphatic rings. The number of hydrogen-bond donors (Lipinski definition) is 0. The van der Waals surface area contributed by atoms with E-state index < -0.39 is 9.23 Å². The van der Waals surface area contributed by atoms with Crippen LogP contribution in [0.15, 0.2) is 0 Å². The highest BCUT2D eigenvalue weighted by atomic mass is 127. The van der Waals surface area contributed by atoms with Gasteiger partial charge in [-0.1, -0.05) is 22.6 Å². The summed E-state index contributed by atoms with van der Waals surface area (Å²) in [5.41, 5.74) is 0. The maximum absolute atomic E-state index is 9.57. The largest absolute Gasteiger partial charge is 0.280 e. The summed E-state index contributed by atoms with van der Waals surface area (Å²) < 4.78 is 9.49. The van der Waals surface area contributed by atoms with Gasteiger partial charge in [0.05, 0.1) is 4.43 Å². The molecular weight excluding hydrogens is 321 g/mol. The lowest BCUT2D eigenvalue weighted by Crippen LogP contribution is -1.80. The highest BCUT2D eigenvalue weighted by molar-refractivity contribution is 14.1. The first-order chi connectivity index (χ1) is 4.00. The smallest absolute Gasteiger partial charge is 0.231 e. The number of halogens is 4. The molecule has 0 saturated carbocycles. The fraction of sp³-hybridized carbons (Fsp3) is 0.500. The minimum Gasteiger partial charge on any atom is -0.280 e. The van der Waals surface area contributed by atoms with Crippen molar-refractivity contribution in [2.24, 2.45) is 0 Å². The topological polar surface area (TPSA) is 34.1 Å². The molecule has 0 aromatic rings. The Kier molecular flexibility index (Phi) is 13.7. The zero-order valence-electron chi connectivity index (χ0n) is 3.94. The molecule has 0 heterocycles. The Morgan fingerprint density at radius 1 is 1.56 bits per heavy atom. The van der Waals surface area contributed by atoms with Crippen molar-refractivity contribution in [2.75, 3.05) is 4.43 Å². The molecule has 0 saturated heterocycles. The molecule has 0 amide bonds. The molecule has 0 aliphatic carbocycles. The van der Waals surface area contributed by atoms with Crippen LogP contribution in [0, 0.1) is 0 Å². The van der Waals surface area contributed by atoms with E-state index in [-0.39, 0.29) is 5.24 Å². The van der Waals surface area contributed by atoms with Gasteiger partial charge in [-0.2, -0.15) is 0 Å². The number of carbonyl (C=O) groups is 1. The van der Waals surface area contributed by atoms with E-state index in [0.717, 1.165) is 0 Å². The van der Waals surface area contributed by atoms with Crippen LogP contribution in [0.1, 0.15) is 0 Å². The van der Waals surface area contributed by atoms with Crippen molar-refractivity contribution < 1.29 is 9.00 Å². The molecule has 0 rings (SSSR count). The van der Waals surface area contributed by atoms with E-state index in [1.54, 1.807) is 0 Å². The predicted octanol–water partition coefficient (Wildman–Crippen LogP) is 2.23. The van der Waals surface area contributed by atoms with Crippen molar-refractivity contribution in [3.05, 3.63) is 0 Å². The van der Waals surface area contributed by atoms with Gasteiger partial charge in [-0.3, -0.25) is 4.79 Å². The minimum atomic E-state index is -1.67. The summed E-state index contributed by atoms with van der Waals surface area (Å²) in [6, 6.07) is 0. The van der Waals surface area contributed by atoms with Crippen molar-refractivity contribution in [3.63, 3.8) is 0 Å². The fourth-order valence-corrected chi connectivity index (χ4v) is 0. The van der Waals surface area contributed by atoms with Crippen LogP contribution in [-0.4, -0.2) is 13.9 Å². The van der Waals surface area contributed by atoms with E-state index >= 15 is 0 Å². The van der Waals surface area contributed by atoms with E-state index in [1.807, 2.05) is 22.6 Å². The van der Waals surface area contributed by atoms with Gasteiger partial charge in [-0.05, 0) is 11.6 Å². The van der Waals surface area contributed by atoms with Crippen LogP contribution in [-0.2, 0) is 14.0 Å². The van der Waals surface area contributed by atoms with Crippen molar-refractivity contribution >= 4 is 70.0 Å². The number of rotatable bonds is 1. The van der Waals surface area contributed by atoms with E-state index in [2.05, 4.69) is 21.4 Å². The first-order valence-electron chi connectivity index (χ1n) is 1.49. The first kappa shape index (κ1) is 13.0. The lowest BCUT2D eigenvalue weighted by Gasteiger charge is -1.66. The van der Waals surface area contributed by atoms with E-state index in [1.165, 1.54) is 0 Å². The molecule has 0 spiro atoms. The van der Waals surface area contributed by atoms with Crippen molar-refractivity contribution in [1.29, 1.82) is 0 Å². The Morgan fingerprint density at radius 2 is 1.67 bits per heavy atom. The van der Waals surface area contributed by atoms with Crippen LogP contribution in [0.25, 0.3) is 0 Å². The molecule has 9 heavy (non-hydrogen) atoms. The molecule has 2 nitrogen and oxygen atoms in total. The monoisotopic (exact) mass is 322 g/mol. The van der Waals surface area contributed by atoms with Gasteiger partial charge in [0.2, 0.25) is 14.5 Å². The van der Waals surface area contributed by atoms with Gasteiger partial charge >= 0.3 is 0 Å². The summed E-state index contributed by atoms with van der Waals surface area (Å²) in [5, 5.41) is -0.286. The van der Waals surface area contributed by atoms with Gasteiger partial charge in [-0.25, -0.2) is 4.21 Å². The minimum absolute atomic E-state index is 0.286. The summed E-state index contributed by atoms with van der Waals surface area (Å²) in [5.74, 6) is 0. The third kappa shape index (κ3) is 44.3. The maximum atomic E-state index is 9.57. The molecule has 0 aromatic heterocycles. The third-order valence-corrected chi connectivity index (χ3v) is 1.38. The summed E-state index contributed by atoms with van der Waals surface area (Å²) >= 11 is 6.71. The van der Waals surface area contributed by atoms with Crippen LogP contribution in [0.4, 0.5) is 0 Å². The number of carbonyl (C=O) groups excluding carboxylic acids is 1. The van der Waals surface area contributed by atoms with Crippen LogP contribution in [0.3, 0.4) is 0 Å². The lowest BCUT2D eigenvalue weighted by molar-refractivity contribution is -0.109. The highest BCUT2D eigenvalue weighted by Gasteiger charge is 1.82. The molecular formula is C2H2Cl3IO2S. The Morgan fingerprint density at radius 3 is 1.67 bits per heavy atom. The number of hydrogen-bond acceptors (Lipinski definition) is 2. The third-order valence-electron chi connectivity index (χ3n) is 0.105. The normalized spacial score (nSPS) is 8.11. The van der Waals surface area contributed by atoms with Gasteiger partial charge in [-0.15, -0.1) is 0 Å². The molecule has 0 aliphatic heterocycles. The second-order valence-electron chi connectivity index (χ2n) is 0.673. The molecule has 0 aromatic carbocycles. The highest BCUT2D eigenvalue weighted by Crippen LogP contribution is 1.89. The Labute approximate surface area is 82.8 Å². The van der Waals surface area contributed by atoms with Crippen LogP contribution in [0.5, 0.6) is 0 Å². The zero-order valence-corrected chi connectivity index (χ0v) is 9.19. The molecule has 56 valence electrons. The van der Waals surface area contributed by atoms with Crippen molar-refractivity contribution in [2.45, 2.75) is 0 Å². The molecule has 0 N–H and O–H groups in total. The Bertz CT molecular complexity index is 104. The van der Waals surface area contributed by atoms with E-state index in [9.17, 15) is 4.79 Å². The van der Waals surface area contributed by atoms with Crippen LogP contribution in [0.2, 0.25) is 0 Å². The van der Waals surface area contributed by atoms with Crippen LogP contribution < -0.4 is 0 Å². The van der Waals surface area contributed by atoms with E-state index in [4.69, 9.17) is 15.8 Å². The van der Waals surface area contributed by atoms with Gasteiger partial charge in [0, 0.05) is 21.4 Å². The molecule has 0 unspecified atom stereocenters. The number of alkyl halides is 1. The Balaban J connectivity index is 0. The molecule has 0 radical (unpaired) electrons. The summed E-state index contributed by atoms with van der Waals surface area (Å²) in [7, 11) is 7.36. The Hall–Kier alpha value is 1.42. The molecule has 0 bridgehead atoms. The lowest BCUT2D eigenvalue weighted by atomic mass is 10.9. The van der Waals surface area contributed by atoms with Gasteiger partial charge in [0.1, 0.15) is 0 Å². The van der Waals surface area contributed by atoms with Gasteiger partial charge in [0.15, 0.2) is 0 Å². The summed E-state index contributed by atoms with van der Waals surface area (Å²) in [4.78, 5) is 9.57. The summed E-state index contributed by atoms with van der Waals surface area (Å²) in [6.07, 6.45) is 0. The van der Waals surface area contributed by atoms with Crippen LogP contribution >= 0.6 is 55.6 Å². The van der Waals surface area contributed by atoms with Gasteiger partial charge in [0.25, 0.3) is 0 Å². The average molecular weight is 323 g/mol. The fourth-order valence-electron chi connectivity index (χ4n) is 0. The molecule has 0 atom stereocenters. The van der Waals surface area contributed by atoms with E-state index in [0.29, 0.717) is 4.43 Å². The first-order valence-corrected chi connectivity index (χ1v) is 6.19. The maximum Gasteiger partial charge on any atom is 0.231 e. The standard InChI is InChI=1S/C2H2ClIO.Cl2OS/c3-2(5)1-4;1-4(2)3/h1H2;. The second kappa shape index (κ2) is 9.42.